The molecule has 4 rings (SSSR count). The number of nitrogens with zero attached hydrogens (tertiary/aromatic N) is 6. The lowest BCUT2D eigenvalue weighted by atomic mass is 10.1. The number of hydrogen-bond donors (Lipinski definition) is 1. The average Bonchev–Trinajstić information content (AvgIpc) is 2.83. The van der Waals surface area contributed by atoms with Crippen LogP contribution >= 0.6 is 11.6 Å². The fourth-order valence-electron chi connectivity index (χ4n) is 4.00. The van der Waals surface area contributed by atoms with Gasteiger partial charge in [-0.1, -0.05) is 11.6 Å². The van der Waals surface area contributed by atoms with Crippen LogP contribution in [0.3, 0.4) is 0 Å². The first kappa shape index (κ1) is 24.7. The third-order valence-electron chi connectivity index (χ3n) is 6.22. The lowest BCUT2D eigenvalue weighted by Gasteiger charge is -2.41. The lowest BCUT2D eigenvalue weighted by Crippen LogP contribution is -2.52. The number of benzene rings is 1. The Morgan fingerprint density at radius 2 is 1.91 bits per heavy atom. The zero-order chi connectivity index (χ0) is 25.3. The molecule has 0 bridgehead atoms. The van der Waals surface area contributed by atoms with Gasteiger partial charge in [0.25, 0.3) is 0 Å². The summed E-state index contributed by atoms with van der Waals surface area (Å²) in [6, 6.07) is 9.91. The number of rotatable bonds is 6. The van der Waals surface area contributed by atoms with E-state index in [1.165, 1.54) is 24.4 Å². The van der Waals surface area contributed by atoms with E-state index in [1.807, 2.05) is 18.0 Å². The van der Waals surface area contributed by atoms with Crippen molar-refractivity contribution in [3.63, 3.8) is 0 Å². The Kier molecular flexibility index (Phi) is 7.07. The van der Waals surface area contributed by atoms with E-state index in [0.29, 0.717) is 36.4 Å². The molecule has 1 aromatic carbocycles. The molecule has 1 fully saturated rings. The highest BCUT2D eigenvalue weighted by atomic mass is 35.5. The summed E-state index contributed by atoms with van der Waals surface area (Å²) in [6.07, 6.45) is 1.33. The zero-order valence-electron chi connectivity index (χ0n) is 20.1. The number of carboxylic acid groups (broad SMARTS) is 1. The largest absolute Gasteiger partial charge is 0.478 e. The van der Waals surface area contributed by atoms with Crippen LogP contribution in [0.4, 0.5) is 22.0 Å². The fraction of sp³-hybridized carbons (Fsp3) is 0.360. The van der Waals surface area contributed by atoms with Crippen molar-refractivity contribution in [1.29, 1.82) is 0 Å². The van der Waals surface area contributed by atoms with Crippen molar-refractivity contribution in [2.45, 2.75) is 32.9 Å². The SMILES string of the molecule is CC(C)N(C)c1nc(-c2ccc(F)cc2)cc(N2CCN(c3ncc(C(=O)O)cc3Cl)CC2C)n1. The van der Waals surface area contributed by atoms with Crippen molar-refractivity contribution in [2.24, 2.45) is 0 Å². The Hall–Kier alpha value is -3.46. The fourth-order valence-corrected chi connectivity index (χ4v) is 4.28. The summed E-state index contributed by atoms with van der Waals surface area (Å²) in [7, 11) is 1.95. The van der Waals surface area contributed by atoms with E-state index in [-0.39, 0.29) is 23.5 Å². The second kappa shape index (κ2) is 10.0. The highest BCUT2D eigenvalue weighted by molar-refractivity contribution is 6.33. The first-order chi connectivity index (χ1) is 16.6. The van der Waals surface area contributed by atoms with E-state index in [1.54, 1.807) is 12.1 Å². The molecule has 1 aliphatic heterocycles. The molecule has 0 spiro atoms. The van der Waals surface area contributed by atoms with Gasteiger partial charge in [-0.05, 0) is 51.1 Å². The van der Waals surface area contributed by atoms with E-state index in [2.05, 4.69) is 35.6 Å². The molecule has 0 amide bonds. The third-order valence-corrected chi connectivity index (χ3v) is 6.50. The van der Waals surface area contributed by atoms with Crippen molar-refractivity contribution >= 4 is 35.2 Å². The molecule has 8 nitrogen and oxygen atoms in total. The van der Waals surface area contributed by atoms with E-state index in [0.717, 1.165) is 17.1 Å². The molecule has 2 aromatic heterocycles. The predicted octanol–water partition coefficient (Wildman–Crippen LogP) is 4.59. The molecule has 0 aliphatic carbocycles. The van der Waals surface area contributed by atoms with Gasteiger partial charge < -0.3 is 19.8 Å². The maximum atomic E-state index is 13.5. The van der Waals surface area contributed by atoms with E-state index >= 15 is 0 Å². The first-order valence-electron chi connectivity index (χ1n) is 11.4. The minimum absolute atomic E-state index is 0.0570. The summed E-state index contributed by atoms with van der Waals surface area (Å²) < 4.78 is 13.5. The molecule has 1 unspecified atom stereocenters. The summed E-state index contributed by atoms with van der Waals surface area (Å²) in [6.45, 7) is 8.16. The van der Waals surface area contributed by atoms with Crippen LogP contribution in [0, 0.1) is 5.82 Å². The number of piperazine rings is 1. The molecule has 10 heteroatoms. The van der Waals surface area contributed by atoms with Gasteiger partial charge in [-0.25, -0.2) is 19.2 Å². The summed E-state index contributed by atoms with van der Waals surface area (Å²) in [4.78, 5) is 31.4. The van der Waals surface area contributed by atoms with Crippen molar-refractivity contribution in [3.05, 3.63) is 59.0 Å². The number of hydrogen-bond acceptors (Lipinski definition) is 7. The Balaban J connectivity index is 1.63. The van der Waals surface area contributed by atoms with Gasteiger partial charge in [0.05, 0.1) is 16.3 Å². The summed E-state index contributed by atoms with van der Waals surface area (Å²) >= 11 is 6.36. The normalized spacial score (nSPS) is 16.0. The second-order valence-corrected chi connectivity index (χ2v) is 9.35. The Bertz CT molecular complexity index is 1220. The van der Waals surface area contributed by atoms with E-state index in [4.69, 9.17) is 21.6 Å². The molecule has 1 saturated heterocycles. The topological polar surface area (TPSA) is 85.7 Å². The highest BCUT2D eigenvalue weighted by Crippen LogP contribution is 2.30. The van der Waals surface area contributed by atoms with Crippen LogP contribution in [0.1, 0.15) is 31.1 Å². The van der Waals surface area contributed by atoms with Crippen LogP contribution in [0.2, 0.25) is 5.02 Å². The van der Waals surface area contributed by atoms with Crippen molar-refractivity contribution in [1.82, 2.24) is 15.0 Å². The lowest BCUT2D eigenvalue weighted by molar-refractivity contribution is 0.0696. The van der Waals surface area contributed by atoms with Crippen molar-refractivity contribution in [3.8, 4) is 11.3 Å². The average molecular weight is 499 g/mol. The van der Waals surface area contributed by atoms with Gasteiger partial charge in [-0.2, -0.15) is 4.98 Å². The number of anilines is 3. The van der Waals surface area contributed by atoms with Crippen LogP contribution in [-0.2, 0) is 0 Å². The molecule has 3 heterocycles. The molecular formula is C25H28ClFN6O2. The predicted molar refractivity (Wildman–Crippen MR) is 136 cm³/mol. The smallest absolute Gasteiger partial charge is 0.337 e. The maximum absolute atomic E-state index is 13.5. The zero-order valence-corrected chi connectivity index (χ0v) is 20.9. The number of carboxylic acids is 1. The Morgan fingerprint density at radius 3 is 2.51 bits per heavy atom. The van der Waals surface area contributed by atoms with Gasteiger partial charge in [0.15, 0.2) is 0 Å². The molecule has 1 aliphatic rings. The number of carbonyl (C=O) groups is 1. The number of pyridine rings is 1. The summed E-state index contributed by atoms with van der Waals surface area (Å²) in [5, 5.41) is 9.49. The summed E-state index contributed by atoms with van der Waals surface area (Å²) in [5.41, 5.74) is 1.59. The van der Waals surface area contributed by atoms with Crippen molar-refractivity contribution < 1.29 is 14.3 Å². The summed E-state index contributed by atoms with van der Waals surface area (Å²) in [5.74, 6) is 0.593. The number of aromatic nitrogens is 3. The first-order valence-corrected chi connectivity index (χ1v) is 11.8. The molecule has 1 atom stereocenters. The monoisotopic (exact) mass is 498 g/mol. The van der Waals surface area contributed by atoms with Gasteiger partial charge in [-0.15, -0.1) is 0 Å². The third kappa shape index (κ3) is 5.30. The van der Waals surface area contributed by atoms with Crippen molar-refractivity contribution in [2.75, 3.05) is 41.4 Å². The van der Waals surface area contributed by atoms with Crippen LogP contribution in [0.5, 0.6) is 0 Å². The van der Waals surface area contributed by atoms with Gasteiger partial charge >= 0.3 is 5.97 Å². The molecule has 3 aromatic rings. The highest BCUT2D eigenvalue weighted by Gasteiger charge is 2.28. The maximum Gasteiger partial charge on any atom is 0.337 e. The van der Waals surface area contributed by atoms with Gasteiger partial charge in [-0.3, -0.25) is 0 Å². The second-order valence-electron chi connectivity index (χ2n) is 8.95. The van der Waals surface area contributed by atoms with Gasteiger partial charge in [0.2, 0.25) is 5.95 Å². The molecule has 184 valence electrons. The quantitative estimate of drug-likeness (QED) is 0.528. The Labute approximate surface area is 209 Å². The minimum Gasteiger partial charge on any atom is -0.478 e. The standard InChI is InChI=1S/C25H28ClFN6O2/c1-15(2)31(4)25-29-21(17-5-7-19(27)8-6-17)12-22(30-25)33-10-9-32(14-16(33)3)23-20(26)11-18(13-28-23)24(34)35/h5-8,11-13,15-16H,9-10,14H2,1-4H3,(H,34,35). The molecule has 0 radical (unpaired) electrons. The van der Waals surface area contributed by atoms with Crippen LogP contribution < -0.4 is 14.7 Å². The van der Waals surface area contributed by atoms with Crippen LogP contribution in [0.15, 0.2) is 42.6 Å². The molecule has 35 heavy (non-hydrogen) atoms. The van der Waals surface area contributed by atoms with E-state index < -0.39 is 5.97 Å². The van der Waals surface area contributed by atoms with Gasteiger partial charge in [0, 0.05) is 56.6 Å². The molecular weight excluding hydrogens is 471 g/mol. The van der Waals surface area contributed by atoms with E-state index in [9.17, 15) is 14.3 Å². The number of halogens is 2. The molecule has 0 saturated carbocycles. The van der Waals surface area contributed by atoms with Gasteiger partial charge in [0.1, 0.15) is 17.5 Å². The Morgan fingerprint density at radius 1 is 1.20 bits per heavy atom. The minimum atomic E-state index is -1.06. The van der Waals surface area contributed by atoms with Crippen LogP contribution in [-0.4, -0.2) is 64.8 Å². The van der Waals surface area contributed by atoms with Crippen LogP contribution in [0.25, 0.3) is 11.3 Å². The molecule has 1 N–H and O–H groups in total. The number of aromatic carboxylic acids is 1.